The van der Waals surface area contributed by atoms with E-state index in [1.807, 2.05) is 25.4 Å². The second kappa shape index (κ2) is 5.95. The molecule has 0 saturated heterocycles. The number of hydrogen-bond acceptors (Lipinski definition) is 2. The van der Waals surface area contributed by atoms with Gasteiger partial charge < -0.3 is 5.73 Å². The molecule has 0 aliphatic heterocycles. The first-order valence-corrected chi connectivity index (χ1v) is 6.98. The molecule has 2 aromatic rings. The molecule has 0 amide bonds. The van der Waals surface area contributed by atoms with Gasteiger partial charge in [0.25, 0.3) is 0 Å². The van der Waals surface area contributed by atoms with Crippen LogP contribution in [0.3, 0.4) is 0 Å². The molecule has 0 saturated carbocycles. The summed E-state index contributed by atoms with van der Waals surface area (Å²) in [6.45, 7) is 2.08. The van der Waals surface area contributed by atoms with Crippen molar-refractivity contribution in [2.24, 2.45) is 12.8 Å². The van der Waals surface area contributed by atoms with Crippen LogP contribution in [0.2, 0.25) is 10.0 Å². The maximum absolute atomic E-state index is 6.28. The van der Waals surface area contributed by atoms with Crippen LogP contribution in [0.25, 0.3) is 0 Å². The summed E-state index contributed by atoms with van der Waals surface area (Å²) in [6, 6.07) is 5.39. The average Bonchev–Trinajstić information content (AvgIpc) is 2.74. The molecule has 1 aromatic heterocycles. The van der Waals surface area contributed by atoms with E-state index < -0.39 is 0 Å². The molecule has 3 nitrogen and oxygen atoms in total. The number of nitrogens with zero attached hydrogens (tertiary/aromatic N) is 2. The molecular formula is C14H17Cl2N3. The highest BCUT2D eigenvalue weighted by molar-refractivity contribution is 6.35. The maximum Gasteiger partial charge on any atom is 0.0669 e. The second-order valence-corrected chi connectivity index (χ2v) is 5.45. The summed E-state index contributed by atoms with van der Waals surface area (Å²) in [5.41, 5.74) is 9.40. The molecule has 0 aliphatic rings. The van der Waals surface area contributed by atoms with Crippen LogP contribution in [-0.4, -0.2) is 9.78 Å². The molecule has 2 rings (SSSR count). The lowest BCUT2D eigenvalue weighted by Gasteiger charge is -2.12. The van der Waals surface area contributed by atoms with Gasteiger partial charge in [0, 0.05) is 34.9 Å². The standard InChI is InChI=1S/C14H17Cl2N3/c1-3-14-11(8-19(2)18-14)13(17)6-9-4-5-10(15)7-12(9)16/h4-5,7-8,13H,3,6,17H2,1-2H3. The van der Waals surface area contributed by atoms with Crippen molar-refractivity contribution in [1.82, 2.24) is 9.78 Å². The Labute approximate surface area is 123 Å². The third kappa shape index (κ3) is 3.30. The molecule has 2 N–H and O–H groups in total. The molecule has 0 spiro atoms. The van der Waals surface area contributed by atoms with Crippen molar-refractivity contribution in [1.29, 1.82) is 0 Å². The minimum atomic E-state index is -0.109. The molecule has 0 radical (unpaired) electrons. The molecule has 5 heteroatoms. The number of aryl methyl sites for hydroxylation is 2. The zero-order valence-electron chi connectivity index (χ0n) is 11.0. The molecule has 19 heavy (non-hydrogen) atoms. The number of nitrogens with two attached hydrogens (primary N) is 1. The van der Waals surface area contributed by atoms with Gasteiger partial charge in [-0.05, 0) is 30.5 Å². The minimum Gasteiger partial charge on any atom is -0.324 e. The van der Waals surface area contributed by atoms with E-state index in [4.69, 9.17) is 28.9 Å². The van der Waals surface area contributed by atoms with Crippen molar-refractivity contribution in [2.45, 2.75) is 25.8 Å². The summed E-state index contributed by atoms with van der Waals surface area (Å²) in [6.07, 6.45) is 3.53. The van der Waals surface area contributed by atoms with Crippen LogP contribution in [0, 0.1) is 0 Å². The molecule has 0 bridgehead atoms. The van der Waals surface area contributed by atoms with Crippen LogP contribution >= 0.6 is 23.2 Å². The Balaban J connectivity index is 2.22. The fourth-order valence-corrected chi connectivity index (χ4v) is 2.66. The Kier molecular flexibility index (Phi) is 4.50. The predicted molar refractivity (Wildman–Crippen MR) is 79.7 cm³/mol. The van der Waals surface area contributed by atoms with E-state index in [1.165, 1.54) is 0 Å². The van der Waals surface area contributed by atoms with Crippen LogP contribution in [0.5, 0.6) is 0 Å². The van der Waals surface area contributed by atoms with Gasteiger partial charge >= 0.3 is 0 Å². The summed E-state index contributed by atoms with van der Waals surface area (Å²) in [4.78, 5) is 0. The molecule has 0 aliphatic carbocycles. The van der Waals surface area contributed by atoms with Crippen molar-refractivity contribution in [3.05, 3.63) is 51.3 Å². The monoisotopic (exact) mass is 297 g/mol. The lowest BCUT2D eigenvalue weighted by molar-refractivity contribution is 0.712. The zero-order valence-corrected chi connectivity index (χ0v) is 12.5. The highest BCUT2D eigenvalue weighted by atomic mass is 35.5. The smallest absolute Gasteiger partial charge is 0.0669 e. The van der Waals surface area contributed by atoms with Crippen LogP contribution < -0.4 is 5.73 Å². The summed E-state index contributed by atoms with van der Waals surface area (Å²) >= 11 is 12.1. The first kappa shape index (κ1) is 14.4. The topological polar surface area (TPSA) is 43.8 Å². The number of rotatable bonds is 4. The third-order valence-electron chi connectivity index (χ3n) is 3.13. The first-order chi connectivity index (χ1) is 9.01. The van der Waals surface area contributed by atoms with Gasteiger partial charge in [0.2, 0.25) is 0 Å². The maximum atomic E-state index is 6.28. The van der Waals surface area contributed by atoms with E-state index in [-0.39, 0.29) is 6.04 Å². The molecule has 1 atom stereocenters. The second-order valence-electron chi connectivity index (χ2n) is 4.60. The van der Waals surface area contributed by atoms with Crippen molar-refractivity contribution in [2.75, 3.05) is 0 Å². The first-order valence-electron chi connectivity index (χ1n) is 6.23. The molecular weight excluding hydrogens is 281 g/mol. The van der Waals surface area contributed by atoms with Gasteiger partial charge in [-0.2, -0.15) is 5.10 Å². The van der Waals surface area contributed by atoms with Crippen molar-refractivity contribution < 1.29 is 0 Å². The average molecular weight is 298 g/mol. The number of halogens is 2. The molecule has 0 fully saturated rings. The van der Waals surface area contributed by atoms with E-state index in [0.29, 0.717) is 16.5 Å². The van der Waals surface area contributed by atoms with E-state index in [1.54, 1.807) is 10.7 Å². The largest absolute Gasteiger partial charge is 0.324 e. The Morgan fingerprint density at radius 2 is 2.11 bits per heavy atom. The van der Waals surface area contributed by atoms with Gasteiger partial charge in [-0.15, -0.1) is 0 Å². The molecule has 1 heterocycles. The normalized spacial score (nSPS) is 12.7. The number of hydrogen-bond donors (Lipinski definition) is 1. The van der Waals surface area contributed by atoms with Gasteiger partial charge in [-0.3, -0.25) is 4.68 Å². The van der Waals surface area contributed by atoms with Crippen LogP contribution in [0.15, 0.2) is 24.4 Å². The summed E-state index contributed by atoms with van der Waals surface area (Å²) < 4.78 is 1.80. The van der Waals surface area contributed by atoms with E-state index >= 15 is 0 Å². The van der Waals surface area contributed by atoms with E-state index in [2.05, 4.69) is 12.0 Å². The number of benzene rings is 1. The highest BCUT2D eigenvalue weighted by Crippen LogP contribution is 2.26. The fraction of sp³-hybridized carbons (Fsp3) is 0.357. The van der Waals surface area contributed by atoms with Gasteiger partial charge in [0.15, 0.2) is 0 Å². The van der Waals surface area contributed by atoms with E-state index in [0.717, 1.165) is 23.2 Å². The summed E-state index contributed by atoms with van der Waals surface area (Å²) in [5, 5.41) is 5.71. The minimum absolute atomic E-state index is 0.109. The van der Waals surface area contributed by atoms with Gasteiger partial charge in [0.05, 0.1) is 5.69 Å². The summed E-state index contributed by atoms with van der Waals surface area (Å²) in [7, 11) is 1.91. The Morgan fingerprint density at radius 1 is 1.37 bits per heavy atom. The van der Waals surface area contributed by atoms with Gasteiger partial charge in [0.1, 0.15) is 0 Å². The van der Waals surface area contributed by atoms with Crippen molar-refractivity contribution in [3.63, 3.8) is 0 Å². The lowest BCUT2D eigenvalue weighted by Crippen LogP contribution is -2.14. The fourth-order valence-electron chi connectivity index (χ4n) is 2.17. The zero-order chi connectivity index (χ0) is 14.0. The molecule has 1 aromatic carbocycles. The van der Waals surface area contributed by atoms with E-state index in [9.17, 15) is 0 Å². The Hall–Kier alpha value is -1.03. The van der Waals surface area contributed by atoms with Gasteiger partial charge in [-0.1, -0.05) is 36.2 Å². The molecule has 102 valence electrons. The van der Waals surface area contributed by atoms with Crippen LogP contribution in [0.1, 0.15) is 29.8 Å². The summed E-state index contributed by atoms with van der Waals surface area (Å²) in [5.74, 6) is 0. The van der Waals surface area contributed by atoms with Gasteiger partial charge in [-0.25, -0.2) is 0 Å². The lowest BCUT2D eigenvalue weighted by atomic mass is 9.99. The van der Waals surface area contributed by atoms with Crippen LogP contribution in [0.4, 0.5) is 0 Å². The Morgan fingerprint density at radius 3 is 2.74 bits per heavy atom. The van der Waals surface area contributed by atoms with Crippen molar-refractivity contribution in [3.8, 4) is 0 Å². The van der Waals surface area contributed by atoms with Crippen molar-refractivity contribution >= 4 is 23.2 Å². The molecule has 1 unspecified atom stereocenters. The third-order valence-corrected chi connectivity index (χ3v) is 3.71. The number of aromatic nitrogens is 2. The predicted octanol–water partition coefficient (Wildman–Crippen LogP) is 3.53. The van der Waals surface area contributed by atoms with Crippen LogP contribution in [-0.2, 0) is 19.9 Å². The Bertz CT molecular complexity index is 578. The highest BCUT2D eigenvalue weighted by Gasteiger charge is 2.15. The SMILES string of the molecule is CCc1nn(C)cc1C(N)Cc1ccc(Cl)cc1Cl. The quantitative estimate of drug-likeness (QED) is 0.938.